The lowest BCUT2D eigenvalue weighted by Crippen LogP contribution is -2.25. The number of alkyl halides is 4. The third-order valence-corrected chi connectivity index (χ3v) is 5.45. The fourth-order valence-electron chi connectivity index (χ4n) is 1.18. The van der Waals surface area contributed by atoms with Gasteiger partial charge >= 0.3 is 6.18 Å². The second-order valence-corrected chi connectivity index (χ2v) is 7.50. The Balaban J connectivity index is 2.95. The molecule has 0 spiro atoms. The number of hydrogen-bond donors (Lipinski definition) is 1. The van der Waals surface area contributed by atoms with Crippen molar-refractivity contribution in [2.24, 2.45) is 5.14 Å². The molecule has 8 heteroatoms. The van der Waals surface area contributed by atoms with Gasteiger partial charge in [0.1, 0.15) is 3.26 Å². The highest BCUT2D eigenvalue weighted by Crippen LogP contribution is 2.30. The summed E-state index contributed by atoms with van der Waals surface area (Å²) in [5.41, 5.74) is -0.513. The molecule has 0 bridgehead atoms. The van der Waals surface area contributed by atoms with Crippen LogP contribution >= 0.6 is 22.6 Å². The van der Waals surface area contributed by atoms with Gasteiger partial charge in [-0.15, -0.1) is 0 Å². The molecule has 1 atom stereocenters. The van der Waals surface area contributed by atoms with Crippen LogP contribution in [-0.2, 0) is 22.6 Å². The van der Waals surface area contributed by atoms with E-state index >= 15 is 0 Å². The van der Waals surface area contributed by atoms with Crippen LogP contribution in [0, 0.1) is 0 Å². The van der Waals surface area contributed by atoms with Crippen LogP contribution in [0.15, 0.2) is 24.3 Å². The van der Waals surface area contributed by atoms with Crippen molar-refractivity contribution < 1.29 is 21.6 Å². The van der Waals surface area contributed by atoms with E-state index in [0.717, 1.165) is 12.1 Å². The minimum absolute atomic E-state index is 0.0523. The normalized spacial score (nSPS) is 14.6. The van der Waals surface area contributed by atoms with Crippen molar-refractivity contribution in [2.45, 2.75) is 15.9 Å². The second-order valence-electron chi connectivity index (χ2n) is 3.40. The van der Waals surface area contributed by atoms with Crippen molar-refractivity contribution in [1.82, 2.24) is 0 Å². The van der Waals surface area contributed by atoms with Crippen molar-refractivity contribution in [1.29, 1.82) is 0 Å². The molecule has 1 rings (SSSR count). The van der Waals surface area contributed by atoms with Crippen molar-refractivity contribution in [3.8, 4) is 0 Å². The molecular weight excluding hydrogens is 370 g/mol. The lowest BCUT2D eigenvalue weighted by atomic mass is 10.1. The van der Waals surface area contributed by atoms with Gasteiger partial charge in [0.25, 0.3) is 0 Å². The zero-order chi connectivity index (χ0) is 13.3. The summed E-state index contributed by atoms with van der Waals surface area (Å²) in [5.74, 6) is 0. The van der Waals surface area contributed by atoms with E-state index in [0.29, 0.717) is 0 Å². The monoisotopic (exact) mass is 379 g/mol. The molecule has 0 saturated heterocycles. The maximum Gasteiger partial charge on any atom is 0.416 e. The third-order valence-electron chi connectivity index (χ3n) is 2.01. The van der Waals surface area contributed by atoms with Crippen molar-refractivity contribution >= 4 is 32.6 Å². The van der Waals surface area contributed by atoms with Gasteiger partial charge < -0.3 is 0 Å². The molecule has 2 N–H and O–H groups in total. The van der Waals surface area contributed by atoms with E-state index in [1.807, 2.05) is 0 Å². The van der Waals surface area contributed by atoms with Crippen LogP contribution in [-0.4, -0.2) is 11.7 Å². The Kier molecular flexibility index (Phi) is 4.42. The SMILES string of the molecule is NS(=O)(=O)C(I)Cc1cccc(C(F)(F)F)c1. The summed E-state index contributed by atoms with van der Waals surface area (Å²) >= 11 is 1.59. The number of rotatable bonds is 3. The Morgan fingerprint density at radius 2 is 1.94 bits per heavy atom. The highest BCUT2D eigenvalue weighted by atomic mass is 127. The van der Waals surface area contributed by atoms with Crippen LogP contribution in [0.3, 0.4) is 0 Å². The van der Waals surface area contributed by atoms with E-state index in [1.54, 1.807) is 22.6 Å². The Labute approximate surface area is 110 Å². The lowest BCUT2D eigenvalue weighted by Gasteiger charge is -2.10. The molecule has 0 aliphatic rings. The molecule has 0 aliphatic carbocycles. The lowest BCUT2D eigenvalue weighted by molar-refractivity contribution is -0.137. The van der Waals surface area contributed by atoms with E-state index in [1.165, 1.54) is 12.1 Å². The highest BCUT2D eigenvalue weighted by molar-refractivity contribution is 14.1. The number of benzene rings is 1. The van der Waals surface area contributed by atoms with Gasteiger partial charge in [0.05, 0.1) is 5.56 Å². The molecule has 1 aromatic carbocycles. The fraction of sp³-hybridized carbons (Fsp3) is 0.333. The van der Waals surface area contributed by atoms with Crippen LogP contribution in [0.5, 0.6) is 0 Å². The van der Waals surface area contributed by atoms with Gasteiger partial charge in [0, 0.05) is 0 Å². The maximum atomic E-state index is 12.4. The Hall–Kier alpha value is -0.350. The van der Waals surface area contributed by atoms with Crippen LogP contribution in [0.2, 0.25) is 0 Å². The van der Waals surface area contributed by atoms with Gasteiger partial charge in [-0.3, -0.25) is 0 Å². The third kappa shape index (κ3) is 4.43. The predicted molar refractivity (Wildman–Crippen MR) is 66.1 cm³/mol. The van der Waals surface area contributed by atoms with Crippen LogP contribution < -0.4 is 5.14 Å². The smallest absolute Gasteiger partial charge is 0.228 e. The van der Waals surface area contributed by atoms with Gasteiger partial charge in [0.15, 0.2) is 0 Å². The Morgan fingerprint density at radius 1 is 1.35 bits per heavy atom. The summed E-state index contributed by atoms with van der Waals surface area (Å²) in [6.07, 6.45) is -4.48. The highest BCUT2D eigenvalue weighted by Gasteiger charge is 2.30. The number of sulfonamides is 1. The molecule has 3 nitrogen and oxygen atoms in total. The molecule has 1 unspecified atom stereocenters. The molecule has 17 heavy (non-hydrogen) atoms. The minimum Gasteiger partial charge on any atom is -0.228 e. The second kappa shape index (κ2) is 5.11. The number of nitrogens with two attached hydrogens (primary N) is 1. The van der Waals surface area contributed by atoms with E-state index in [-0.39, 0.29) is 12.0 Å². The number of hydrogen-bond acceptors (Lipinski definition) is 2. The maximum absolute atomic E-state index is 12.4. The van der Waals surface area contributed by atoms with Crippen LogP contribution in [0.25, 0.3) is 0 Å². The summed E-state index contributed by atoms with van der Waals surface area (Å²) in [4.78, 5) is 0. The quantitative estimate of drug-likeness (QED) is 0.647. The Bertz CT molecular complexity index is 501. The summed E-state index contributed by atoms with van der Waals surface area (Å²) < 4.78 is 58.2. The first-order chi connectivity index (χ1) is 7.60. The van der Waals surface area contributed by atoms with Gasteiger partial charge in [-0.2, -0.15) is 13.2 Å². The van der Waals surface area contributed by atoms with Crippen LogP contribution in [0.1, 0.15) is 11.1 Å². The van der Waals surface area contributed by atoms with Crippen molar-refractivity contribution in [3.05, 3.63) is 35.4 Å². The topological polar surface area (TPSA) is 60.2 Å². The Morgan fingerprint density at radius 3 is 2.41 bits per heavy atom. The van der Waals surface area contributed by atoms with E-state index < -0.39 is 25.0 Å². The summed E-state index contributed by atoms with van der Waals surface area (Å²) in [6.45, 7) is 0. The number of primary sulfonamides is 1. The number of halogens is 4. The molecule has 0 heterocycles. The van der Waals surface area contributed by atoms with E-state index in [4.69, 9.17) is 5.14 Å². The summed E-state index contributed by atoms with van der Waals surface area (Å²) in [5, 5.41) is 4.89. The van der Waals surface area contributed by atoms with Crippen molar-refractivity contribution in [2.75, 3.05) is 0 Å². The first-order valence-corrected chi connectivity index (χ1v) is 7.28. The molecule has 0 saturated carbocycles. The fourth-order valence-corrected chi connectivity index (χ4v) is 2.11. The molecule has 0 amide bonds. The minimum atomic E-state index is -4.43. The van der Waals surface area contributed by atoms with Gasteiger partial charge in [-0.1, -0.05) is 40.8 Å². The molecule has 0 radical (unpaired) electrons. The average molecular weight is 379 g/mol. The molecule has 0 fully saturated rings. The molecular formula is C9H9F3INO2S. The summed E-state index contributed by atoms with van der Waals surface area (Å²) in [7, 11) is -3.74. The zero-order valence-electron chi connectivity index (χ0n) is 8.41. The first kappa shape index (κ1) is 14.7. The zero-order valence-corrected chi connectivity index (χ0v) is 11.4. The standard InChI is InChI=1S/C9H9F3INO2S/c10-9(11,12)7-3-1-2-6(4-7)5-8(13)17(14,15)16/h1-4,8H,5H2,(H2,14,15,16). The van der Waals surface area contributed by atoms with E-state index in [9.17, 15) is 21.6 Å². The average Bonchev–Trinajstić information content (AvgIpc) is 2.15. The summed E-state index contributed by atoms with van der Waals surface area (Å²) in [6, 6.07) is 4.54. The van der Waals surface area contributed by atoms with Gasteiger partial charge in [-0.05, 0) is 18.1 Å². The van der Waals surface area contributed by atoms with E-state index in [2.05, 4.69) is 0 Å². The molecule has 0 aromatic heterocycles. The van der Waals surface area contributed by atoms with Crippen molar-refractivity contribution in [3.63, 3.8) is 0 Å². The largest absolute Gasteiger partial charge is 0.416 e. The molecule has 0 aliphatic heterocycles. The predicted octanol–water partition coefficient (Wildman–Crippen LogP) is 2.30. The molecule has 1 aromatic rings. The van der Waals surface area contributed by atoms with Crippen LogP contribution in [0.4, 0.5) is 13.2 Å². The van der Waals surface area contributed by atoms with Gasteiger partial charge in [0.2, 0.25) is 10.0 Å². The first-order valence-electron chi connectivity index (χ1n) is 4.42. The molecule has 96 valence electrons. The van der Waals surface area contributed by atoms with Gasteiger partial charge in [-0.25, -0.2) is 13.6 Å².